The van der Waals surface area contributed by atoms with Gasteiger partial charge in [-0.3, -0.25) is 0 Å². The molecule has 4 rings (SSSR count). The first-order chi connectivity index (χ1) is 15.6. The van der Waals surface area contributed by atoms with Crippen molar-refractivity contribution in [2.24, 2.45) is 5.92 Å². The Morgan fingerprint density at radius 2 is 1.69 bits per heavy atom. The van der Waals surface area contributed by atoms with Gasteiger partial charge in [0.1, 0.15) is 0 Å². The Hall–Kier alpha value is -2.44. The first kappa shape index (κ1) is 22.7. The maximum absolute atomic E-state index is 12.4. The fourth-order valence-corrected chi connectivity index (χ4v) is 4.83. The van der Waals surface area contributed by atoms with E-state index in [9.17, 15) is 9.90 Å². The van der Waals surface area contributed by atoms with E-state index in [1.165, 1.54) is 24.9 Å². The third kappa shape index (κ3) is 5.87. The summed E-state index contributed by atoms with van der Waals surface area (Å²) in [7, 11) is 0. The molecule has 0 radical (unpaired) electrons. The number of nitrogens with one attached hydrogen (secondary N) is 2. The molecule has 2 aromatic carbocycles. The molecule has 7 heteroatoms. The molecule has 0 aromatic heterocycles. The van der Waals surface area contributed by atoms with E-state index in [4.69, 9.17) is 11.6 Å². The smallest absolute Gasteiger partial charge is 0.319 e. The quantitative estimate of drug-likeness (QED) is 0.580. The zero-order valence-corrected chi connectivity index (χ0v) is 19.3. The van der Waals surface area contributed by atoms with E-state index in [2.05, 4.69) is 44.7 Å². The fraction of sp³-hybridized carbons (Fsp3) is 0.480. The number of aliphatic hydroxyl groups is 1. The van der Waals surface area contributed by atoms with Gasteiger partial charge in [-0.05, 0) is 73.9 Å². The molecule has 32 heavy (non-hydrogen) atoms. The summed E-state index contributed by atoms with van der Waals surface area (Å²) in [6.45, 7) is 4.77. The Labute approximate surface area is 195 Å². The van der Waals surface area contributed by atoms with Crippen molar-refractivity contribution in [2.75, 3.05) is 47.9 Å². The Bertz CT molecular complexity index is 891. The highest BCUT2D eigenvalue weighted by Crippen LogP contribution is 2.31. The van der Waals surface area contributed by atoms with Crippen molar-refractivity contribution >= 4 is 34.7 Å². The molecule has 2 aliphatic heterocycles. The molecule has 0 spiro atoms. The number of hydrogen-bond donors (Lipinski definition) is 3. The lowest BCUT2D eigenvalue weighted by atomic mass is 9.97. The maximum atomic E-state index is 12.4. The highest BCUT2D eigenvalue weighted by Gasteiger charge is 2.18. The van der Waals surface area contributed by atoms with Gasteiger partial charge in [0.15, 0.2) is 0 Å². The van der Waals surface area contributed by atoms with Gasteiger partial charge in [0, 0.05) is 50.7 Å². The van der Waals surface area contributed by atoms with E-state index < -0.39 is 0 Å². The summed E-state index contributed by atoms with van der Waals surface area (Å²) in [5, 5.41) is 15.8. The normalized spacial score (nSPS) is 17.3. The minimum Gasteiger partial charge on any atom is -0.396 e. The monoisotopic (exact) mass is 456 g/mol. The van der Waals surface area contributed by atoms with Gasteiger partial charge in [-0.15, -0.1) is 0 Å². The van der Waals surface area contributed by atoms with Crippen LogP contribution in [0.4, 0.5) is 21.9 Å². The van der Waals surface area contributed by atoms with Gasteiger partial charge in [0.25, 0.3) is 0 Å². The first-order valence-corrected chi connectivity index (χ1v) is 12.0. The summed E-state index contributed by atoms with van der Waals surface area (Å²) in [6.07, 6.45) is 5.73. The van der Waals surface area contributed by atoms with Crippen molar-refractivity contribution in [3.8, 4) is 0 Å². The average Bonchev–Trinajstić information content (AvgIpc) is 2.84. The second-order valence-electron chi connectivity index (χ2n) is 8.80. The lowest BCUT2D eigenvalue weighted by molar-refractivity contribution is 0.203. The van der Waals surface area contributed by atoms with E-state index in [-0.39, 0.29) is 12.6 Å². The number of benzene rings is 2. The summed E-state index contributed by atoms with van der Waals surface area (Å²) in [6, 6.07) is 13.8. The molecule has 2 fully saturated rings. The third-order valence-corrected chi connectivity index (χ3v) is 6.83. The van der Waals surface area contributed by atoms with Gasteiger partial charge in [0.05, 0.1) is 10.7 Å². The number of urea groups is 1. The minimum atomic E-state index is -0.248. The van der Waals surface area contributed by atoms with Gasteiger partial charge in [-0.1, -0.05) is 23.7 Å². The molecular weight excluding hydrogens is 424 g/mol. The molecule has 0 saturated carbocycles. The number of aliphatic hydroxyl groups excluding tert-OH is 1. The molecule has 172 valence electrons. The Morgan fingerprint density at radius 1 is 0.969 bits per heavy atom. The molecule has 3 N–H and O–H groups in total. The van der Waals surface area contributed by atoms with Crippen LogP contribution in [0.15, 0.2) is 42.5 Å². The van der Waals surface area contributed by atoms with Crippen molar-refractivity contribution < 1.29 is 9.90 Å². The molecule has 0 aliphatic carbocycles. The van der Waals surface area contributed by atoms with Crippen molar-refractivity contribution in [1.29, 1.82) is 0 Å². The van der Waals surface area contributed by atoms with Crippen molar-refractivity contribution in [1.82, 2.24) is 5.32 Å². The van der Waals surface area contributed by atoms with Gasteiger partial charge in [-0.2, -0.15) is 0 Å². The SMILES string of the molecule is O=C(NCc1ccc(N2CCC(CO)CC2)cc1)Nc1ccc(N2CCCCC2)c(Cl)c1. The largest absolute Gasteiger partial charge is 0.396 e. The van der Waals surface area contributed by atoms with E-state index in [0.717, 1.165) is 50.3 Å². The Morgan fingerprint density at radius 3 is 2.34 bits per heavy atom. The van der Waals surface area contributed by atoms with Gasteiger partial charge >= 0.3 is 6.03 Å². The molecule has 2 aromatic rings. The van der Waals surface area contributed by atoms with Crippen molar-refractivity contribution in [3.05, 3.63) is 53.1 Å². The highest BCUT2D eigenvalue weighted by atomic mass is 35.5. The van der Waals surface area contributed by atoms with Crippen LogP contribution >= 0.6 is 11.6 Å². The minimum absolute atomic E-state index is 0.248. The van der Waals surface area contributed by atoms with Gasteiger partial charge < -0.3 is 25.5 Å². The number of halogens is 1. The molecule has 0 unspecified atom stereocenters. The molecular formula is C25H33ClN4O2. The van der Waals surface area contributed by atoms with Crippen LogP contribution in [0.3, 0.4) is 0 Å². The van der Waals surface area contributed by atoms with Gasteiger partial charge in [-0.25, -0.2) is 4.79 Å². The first-order valence-electron chi connectivity index (χ1n) is 11.7. The van der Waals surface area contributed by atoms with Crippen LogP contribution in [0.2, 0.25) is 5.02 Å². The van der Waals surface area contributed by atoms with Gasteiger partial charge in [0.2, 0.25) is 0 Å². The number of amides is 2. The molecule has 0 bridgehead atoms. The van der Waals surface area contributed by atoms with E-state index in [0.29, 0.717) is 23.2 Å². The molecule has 0 atom stereocenters. The zero-order chi connectivity index (χ0) is 22.3. The van der Waals surface area contributed by atoms with E-state index >= 15 is 0 Å². The number of anilines is 3. The lowest BCUT2D eigenvalue weighted by Crippen LogP contribution is -2.34. The average molecular weight is 457 g/mol. The maximum Gasteiger partial charge on any atom is 0.319 e. The number of nitrogens with zero attached hydrogens (tertiary/aromatic N) is 2. The van der Waals surface area contributed by atoms with Crippen LogP contribution < -0.4 is 20.4 Å². The summed E-state index contributed by atoms with van der Waals surface area (Å²) >= 11 is 6.48. The second kappa shape index (κ2) is 10.9. The summed E-state index contributed by atoms with van der Waals surface area (Å²) in [5.74, 6) is 0.434. The predicted molar refractivity (Wildman–Crippen MR) is 132 cm³/mol. The summed E-state index contributed by atoms with van der Waals surface area (Å²) < 4.78 is 0. The number of carbonyl (C=O) groups excluding carboxylic acids is 1. The van der Waals surface area contributed by atoms with E-state index in [1.807, 2.05) is 18.2 Å². The molecule has 2 heterocycles. The highest BCUT2D eigenvalue weighted by molar-refractivity contribution is 6.33. The number of hydrogen-bond acceptors (Lipinski definition) is 4. The zero-order valence-electron chi connectivity index (χ0n) is 18.5. The standard InChI is InChI=1S/C25H33ClN4O2/c26-23-16-21(6-9-24(23)30-12-2-1-3-13-30)28-25(32)27-17-19-4-7-22(8-5-19)29-14-10-20(18-31)11-15-29/h4-9,16,20,31H,1-3,10-15,17-18H2,(H2,27,28,32). The van der Waals surface area contributed by atoms with Crippen LogP contribution in [0.5, 0.6) is 0 Å². The van der Waals surface area contributed by atoms with Crippen LogP contribution in [0.1, 0.15) is 37.7 Å². The third-order valence-electron chi connectivity index (χ3n) is 6.53. The molecule has 2 amide bonds. The summed E-state index contributed by atoms with van der Waals surface area (Å²) in [5.41, 5.74) is 3.97. The number of piperidine rings is 2. The predicted octanol–water partition coefficient (Wildman–Crippen LogP) is 4.86. The Kier molecular flexibility index (Phi) is 7.76. The van der Waals surface area contributed by atoms with Crippen molar-refractivity contribution in [2.45, 2.75) is 38.6 Å². The van der Waals surface area contributed by atoms with Crippen LogP contribution in [0, 0.1) is 5.92 Å². The van der Waals surface area contributed by atoms with Crippen LogP contribution in [-0.4, -0.2) is 43.9 Å². The topological polar surface area (TPSA) is 67.8 Å². The molecule has 2 aliphatic rings. The Balaban J connectivity index is 1.25. The summed E-state index contributed by atoms with van der Waals surface area (Å²) in [4.78, 5) is 17.0. The van der Waals surface area contributed by atoms with Crippen molar-refractivity contribution in [3.63, 3.8) is 0 Å². The van der Waals surface area contributed by atoms with E-state index in [1.54, 1.807) is 0 Å². The second-order valence-corrected chi connectivity index (χ2v) is 9.21. The number of carbonyl (C=O) groups is 1. The molecule has 6 nitrogen and oxygen atoms in total. The molecule has 2 saturated heterocycles. The fourth-order valence-electron chi connectivity index (χ4n) is 4.53. The van der Waals surface area contributed by atoms with Crippen LogP contribution in [-0.2, 0) is 6.54 Å². The van der Waals surface area contributed by atoms with Crippen LogP contribution in [0.25, 0.3) is 0 Å². The number of rotatable bonds is 6. The lowest BCUT2D eigenvalue weighted by Gasteiger charge is -2.33.